The summed E-state index contributed by atoms with van der Waals surface area (Å²) in [5, 5.41) is 1.15. The topological polar surface area (TPSA) is 18.5 Å². The number of ether oxygens (including phenoxy) is 1. The molecule has 4 heteroatoms. The maximum absolute atomic E-state index is 6.63. The summed E-state index contributed by atoms with van der Waals surface area (Å²) >= 11 is 3.52. The molecule has 0 spiro atoms. The van der Waals surface area contributed by atoms with E-state index >= 15 is 0 Å². The van der Waals surface area contributed by atoms with Crippen molar-refractivity contribution in [3.05, 3.63) is 0 Å². The summed E-state index contributed by atoms with van der Waals surface area (Å²) < 4.78 is 12.9. The van der Waals surface area contributed by atoms with Gasteiger partial charge in [-0.1, -0.05) is 120 Å². The van der Waals surface area contributed by atoms with Crippen molar-refractivity contribution in [3.63, 3.8) is 0 Å². The maximum Gasteiger partial charge on any atom is 0.190 e. The second kappa shape index (κ2) is 22.8. The van der Waals surface area contributed by atoms with Gasteiger partial charge in [0, 0.05) is 11.9 Å². The van der Waals surface area contributed by atoms with Gasteiger partial charge in [0.25, 0.3) is 0 Å². The monoisotopic (exact) mass is 506 g/mol. The highest BCUT2D eigenvalue weighted by atomic mass is 79.9. The Morgan fingerprint density at radius 2 is 1.13 bits per heavy atom. The number of hydrogen-bond donors (Lipinski definition) is 0. The van der Waals surface area contributed by atoms with Gasteiger partial charge in [-0.05, 0) is 44.8 Å². The molecule has 0 heterocycles. The summed E-state index contributed by atoms with van der Waals surface area (Å²) in [6.45, 7) is 10.2. The normalized spacial score (nSPS) is 13.1. The minimum atomic E-state index is -1.62. The van der Waals surface area contributed by atoms with E-state index < -0.39 is 8.32 Å². The molecule has 0 saturated carbocycles. The smallest absolute Gasteiger partial charge is 0.190 e. The molecule has 182 valence electrons. The quantitative estimate of drug-likeness (QED) is 0.0560. The first-order valence-corrected chi connectivity index (χ1v) is 17.6. The van der Waals surface area contributed by atoms with Crippen LogP contribution in [0.15, 0.2) is 0 Å². The van der Waals surface area contributed by atoms with E-state index in [1.807, 2.05) is 0 Å². The standard InChI is InChI=1S/C26H55BrO2Si/c1-5-7-9-11-17-20-24-28-26(22-18-15-13-12-14-16-19-23-27)29-30(3,4)25-21-10-8-6-2/h26H,5-25H2,1-4H3. The van der Waals surface area contributed by atoms with Crippen LogP contribution in [0.1, 0.15) is 129 Å². The minimum Gasteiger partial charge on any atom is -0.393 e. The molecule has 0 saturated heterocycles. The van der Waals surface area contributed by atoms with Crippen LogP contribution in [-0.4, -0.2) is 26.5 Å². The van der Waals surface area contributed by atoms with E-state index in [1.165, 1.54) is 115 Å². The van der Waals surface area contributed by atoms with E-state index in [4.69, 9.17) is 9.16 Å². The van der Waals surface area contributed by atoms with Crippen LogP contribution in [0, 0.1) is 0 Å². The van der Waals surface area contributed by atoms with Crippen molar-refractivity contribution in [2.24, 2.45) is 0 Å². The van der Waals surface area contributed by atoms with E-state index in [2.05, 4.69) is 42.9 Å². The largest absolute Gasteiger partial charge is 0.393 e. The van der Waals surface area contributed by atoms with Crippen LogP contribution in [-0.2, 0) is 9.16 Å². The fraction of sp³-hybridized carbons (Fsp3) is 1.00. The highest BCUT2D eigenvalue weighted by molar-refractivity contribution is 9.09. The fourth-order valence-electron chi connectivity index (χ4n) is 3.96. The lowest BCUT2D eigenvalue weighted by Gasteiger charge is -2.29. The summed E-state index contributed by atoms with van der Waals surface area (Å²) in [4.78, 5) is 0. The molecule has 0 aliphatic heterocycles. The Bertz CT molecular complexity index is 339. The number of unbranched alkanes of at least 4 members (excludes halogenated alkanes) is 14. The second-order valence-corrected chi connectivity index (χ2v) is 14.8. The highest BCUT2D eigenvalue weighted by Crippen LogP contribution is 2.22. The zero-order valence-electron chi connectivity index (χ0n) is 21.1. The van der Waals surface area contributed by atoms with Crippen molar-refractivity contribution in [2.45, 2.75) is 155 Å². The lowest BCUT2D eigenvalue weighted by atomic mass is 10.1. The molecular weight excluding hydrogens is 452 g/mol. The van der Waals surface area contributed by atoms with Crippen LogP contribution in [0.2, 0.25) is 19.1 Å². The zero-order chi connectivity index (χ0) is 22.3. The Hall–Kier alpha value is 0.617. The third-order valence-electron chi connectivity index (χ3n) is 5.96. The van der Waals surface area contributed by atoms with E-state index in [0.717, 1.165) is 18.4 Å². The number of alkyl halides is 1. The SMILES string of the molecule is CCCCCCCCOC(CCCCCCCCCBr)O[Si](C)(C)CCCCCC. The molecule has 1 unspecified atom stereocenters. The van der Waals surface area contributed by atoms with E-state index in [9.17, 15) is 0 Å². The Morgan fingerprint density at radius 3 is 1.73 bits per heavy atom. The van der Waals surface area contributed by atoms with Crippen LogP contribution in [0.25, 0.3) is 0 Å². The van der Waals surface area contributed by atoms with Crippen LogP contribution in [0.3, 0.4) is 0 Å². The first kappa shape index (κ1) is 30.6. The summed E-state index contributed by atoms with van der Waals surface area (Å²) in [5.74, 6) is 0. The van der Waals surface area contributed by atoms with Gasteiger partial charge in [-0.25, -0.2) is 0 Å². The minimum absolute atomic E-state index is 0.0434. The van der Waals surface area contributed by atoms with Gasteiger partial charge in [-0.15, -0.1) is 0 Å². The van der Waals surface area contributed by atoms with Crippen molar-refractivity contribution in [1.29, 1.82) is 0 Å². The van der Waals surface area contributed by atoms with Crippen molar-refractivity contribution in [3.8, 4) is 0 Å². The average molecular weight is 508 g/mol. The molecule has 1 atom stereocenters. The molecule has 0 amide bonds. The third kappa shape index (κ3) is 21.8. The van der Waals surface area contributed by atoms with Gasteiger partial charge < -0.3 is 9.16 Å². The van der Waals surface area contributed by atoms with Crippen LogP contribution < -0.4 is 0 Å². The summed E-state index contributed by atoms with van der Waals surface area (Å²) in [6.07, 6.45) is 23.8. The molecule has 0 aromatic rings. The fourth-order valence-corrected chi connectivity index (χ4v) is 6.47. The van der Waals surface area contributed by atoms with E-state index in [-0.39, 0.29) is 6.29 Å². The third-order valence-corrected chi connectivity index (χ3v) is 8.98. The molecule has 0 aliphatic rings. The Morgan fingerprint density at radius 1 is 0.633 bits per heavy atom. The van der Waals surface area contributed by atoms with Gasteiger partial charge >= 0.3 is 0 Å². The lowest BCUT2D eigenvalue weighted by molar-refractivity contribution is -0.0926. The first-order valence-electron chi connectivity index (χ1n) is 13.4. The van der Waals surface area contributed by atoms with Crippen molar-refractivity contribution < 1.29 is 9.16 Å². The molecule has 0 aromatic carbocycles. The predicted octanol–water partition coefficient (Wildman–Crippen LogP) is 10.0. The molecule has 2 nitrogen and oxygen atoms in total. The van der Waals surface area contributed by atoms with Gasteiger partial charge in [-0.3, -0.25) is 0 Å². The maximum atomic E-state index is 6.63. The highest BCUT2D eigenvalue weighted by Gasteiger charge is 2.26. The summed E-state index contributed by atoms with van der Waals surface area (Å²) in [7, 11) is -1.62. The molecular formula is C26H55BrO2Si. The average Bonchev–Trinajstić information content (AvgIpc) is 2.72. The number of rotatable bonds is 24. The van der Waals surface area contributed by atoms with Gasteiger partial charge in [0.1, 0.15) is 6.29 Å². The molecule has 0 aromatic heterocycles. The van der Waals surface area contributed by atoms with Crippen molar-refractivity contribution in [2.75, 3.05) is 11.9 Å². The number of halogens is 1. The van der Waals surface area contributed by atoms with Gasteiger partial charge in [0.15, 0.2) is 8.32 Å². The molecule has 30 heavy (non-hydrogen) atoms. The zero-order valence-corrected chi connectivity index (χ0v) is 23.7. The van der Waals surface area contributed by atoms with Crippen molar-refractivity contribution in [1.82, 2.24) is 0 Å². The van der Waals surface area contributed by atoms with Crippen LogP contribution >= 0.6 is 15.9 Å². The Balaban J connectivity index is 4.16. The summed E-state index contributed by atoms with van der Waals surface area (Å²) in [6, 6.07) is 1.28. The molecule has 0 radical (unpaired) electrons. The molecule has 0 fully saturated rings. The molecule has 0 rings (SSSR count). The van der Waals surface area contributed by atoms with Gasteiger partial charge in [0.05, 0.1) is 0 Å². The first-order chi connectivity index (χ1) is 14.6. The van der Waals surface area contributed by atoms with Gasteiger partial charge in [-0.2, -0.15) is 0 Å². The van der Waals surface area contributed by atoms with Crippen molar-refractivity contribution >= 4 is 24.2 Å². The van der Waals surface area contributed by atoms with Crippen LogP contribution in [0.5, 0.6) is 0 Å². The summed E-state index contributed by atoms with van der Waals surface area (Å²) in [5.41, 5.74) is 0. The number of hydrogen-bond acceptors (Lipinski definition) is 2. The molecule has 0 aliphatic carbocycles. The van der Waals surface area contributed by atoms with Crippen LogP contribution in [0.4, 0.5) is 0 Å². The Kier molecular flexibility index (Phi) is 23.3. The van der Waals surface area contributed by atoms with E-state index in [0.29, 0.717) is 0 Å². The molecule has 0 bridgehead atoms. The predicted molar refractivity (Wildman–Crippen MR) is 141 cm³/mol. The second-order valence-electron chi connectivity index (χ2n) is 9.71. The van der Waals surface area contributed by atoms with Gasteiger partial charge in [0.2, 0.25) is 0 Å². The molecule has 0 N–H and O–H groups in total. The lowest BCUT2D eigenvalue weighted by Crippen LogP contribution is -2.36. The Labute approximate surface area is 199 Å². The van der Waals surface area contributed by atoms with E-state index in [1.54, 1.807) is 0 Å².